The highest BCUT2D eigenvalue weighted by molar-refractivity contribution is 5.99. The van der Waals surface area contributed by atoms with E-state index in [1.165, 1.54) is 18.4 Å². The van der Waals surface area contributed by atoms with Crippen LogP contribution in [0.1, 0.15) is 59.7 Å². The lowest BCUT2D eigenvalue weighted by Crippen LogP contribution is -2.50. The first-order chi connectivity index (χ1) is 13.5. The molecule has 0 radical (unpaired) electrons. The number of nitrogens with one attached hydrogen (secondary N) is 1. The van der Waals surface area contributed by atoms with Gasteiger partial charge < -0.3 is 15.1 Å². The van der Waals surface area contributed by atoms with Gasteiger partial charge in [0, 0.05) is 50.8 Å². The minimum Gasteiger partial charge on any atom is -0.352 e. The Morgan fingerprint density at radius 2 is 1.71 bits per heavy atom. The number of piperazine rings is 1. The topological polar surface area (TPSA) is 69.7 Å². The molecule has 6 nitrogen and oxygen atoms in total. The average molecular weight is 383 g/mol. The van der Waals surface area contributed by atoms with Gasteiger partial charge in [0.05, 0.1) is 0 Å². The van der Waals surface area contributed by atoms with E-state index in [1.54, 1.807) is 41.0 Å². The molecule has 0 saturated carbocycles. The molecule has 1 aliphatic heterocycles. The van der Waals surface area contributed by atoms with Gasteiger partial charge in [-0.1, -0.05) is 17.7 Å². The third-order valence-corrected chi connectivity index (χ3v) is 5.50. The zero-order valence-electron chi connectivity index (χ0n) is 16.6. The van der Waals surface area contributed by atoms with Crippen LogP contribution < -0.4 is 5.32 Å². The van der Waals surface area contributed by atoms with Gasteiger partial charge in [0.1, 0.15) is 0 Å². The Balaban J connectivity index is 1.54. The Kier molecular flexibility index (Phi) is 6.85. The molecule has 1 aromatic carbocycles. The van der Waals surface area contributed by atoms with Crippen molar-refractivity contribution in [3.05, 3.63) is 47.0 Å². The van der Waals surface area contributed by atoms with Crippen LogP contribution in [0.25, 0.3) is 0 Å². The van der Waals surface area contributed by atoms with Crippen LogP contribution in [0.15, 0.2) is 35.9 Å². The quantitative estimate of drug-likeness (QED) is 0.795. The van der Waals surface area contributed by atoms with E-state index in [4.69, 9.17) is 0 Å². The van der Waals surface area contributed by atoms with E-state index in [0.29, 0.717) is 43.9 Å². The molecule has 1 aromatic rings. The summed E-state index contributed by atoms with van der Waals surface area (Å²) in [5, 5.41) is 2.96. The van der Waals surface area contributed by atoms with Crippen LogP contribution in [-0.2, 0) is 4.79 Å². The van der Waals surface area contributed by atoms with Crippen molar-refractivity contribution in [3.8, 4) is 0 Å². The standard InChI is InChI=1S/C22H29N3O3/c1-17(26)24-12-14-25(15-13-24)22(28)20-9-5-8-19(16-20)21(27)23-11-10-18-6-3-2-4-7-18/h5-6,8-9,16H,2-4,7,10-15H2,1H3,(H,23,27). The van der Waals surface area contributed by atoms with E-state index in [0.717, 1.165) is 19.3 Å². The maximum atomic E-state index is 12.8. The summed E-state index contributed by atoms with van der Waals surface area (Å²) in [6.45, 7) is 4.31. The van der Waals surface area contributed by atoms with Gasteiger partial charge in [0.2, 0.25) is 5.91 Å². The number of rotatable bonds is 5. The van der Waals surface area contributed by atoms with E-state index in [1.807, 2.05) is 0 Å². The first-order valence-electron chi connectivity index (χ1n) is 10.2. The van der Waals surface area contributed by atoms with Crippen molar-refractivity contribution >= 4 is 17.7 Å². The van der Waals surface area contributed by atoms with Crippen LogP contribution >= 0.6 is 0 Å². The van der Waals surface area contributed by atoms with Crippen LogP contribution in [0.4, 0.5) is 0 Å². The first kappa shape index (κ1) is 20.1. The SMILES string of the molecule is CC(=O)N1CCN(C(=O)c2cccc(C(=O)NCCC3=CCCCC3)c2)CC1. The number of benzene rings is 1. The number of hydrogen-bond donors (Lipinski definition) is 1. The third-order valence-electron chi connectivity index (χ3n) is 5.50. The highest BCUT2D eigenvalue weighted by Gasteiger charge is 2.23. The predicted molar refractivity (Wildman–Crippen MR) is 108 cm³/mol. The minimum atomic E-state index is -0.146. The normalized spacial score (nSPS) is 17.1. The summed E-state index contributed by atoms with van der Waals surface area (Å²) in [6, 6.07) is 6.88. The number of allylic oxidation sites excluding steroid dienone is 1. The molecule has 3 amide bonds. The number of carbonyl (C=O) groups is 3. The van der Waals surface area contributed by atoms with E-state index >= 15 is 0 Å². The number of carbonyl (C=O) groups excluding carboxylic acids is 3. The van der Waals surface area contributed by atoms with Crippen molar-refractivity contribution in [3.63, 3.8) is 0 Å². The fourth-order valence-corrected chi connectivity index (χ4v) is 3.77. The van der Waals surface area contributed by atoms with Crippen molar-refractivity contribution in [2.24, 2.45) is 0 Å². The van der Waals surface area contributed by atoms with Crippen molar-refractivity contribution in [1.82, 2.24) is 15.1 Å². The Labute approximate surface area is 166 Å². The fraction of sp³-hybridized carbons (Fsp3) is 0.500. The molecule has 28 heavy (non-hydrogen) atoms. The molecule has 0 atom stereocenters. The number of amides is 3. The molecule has 150 valence electrons. The second-order valence-corrected chi connectivity index (χ2v) is 7.49. The summed E-state index contributed by atoms with van der Waals surface area (Å²) in [7, 11) is 0. The van der Waals surface area contributed by atoms with E-state index < -0.39 is 0 Å². The molecule has 1 N–H and O–H groups in total. The lowest BCUT2D eigenvalue weighted by atomic mass is 9.97. The van der Waals surface area contributed by atoms with Gasteiger partial charge in [-0.15, -0.1) is 0 Å². The molecule has 0 aromatic heterocycles. The Morgan fingerprint density at radius 3 is 2.39 bits per heavy atom. The molecule has 0 spiro atoms. The van der Waals surface area contributed by atoms with Gasteiger partial charge in [-0.25, -0.2) is 0 Å². The van der Waals surface area contributed by atoms with E-state index in [9.17, 15) is 14.4 Å². The molecular weight excluding hydrogens is 354 g/mol. The zero-order chi connectivity index (χ0) is 19.9. The largest absolute Gasteiger partial charge is 0.352 e. The van der Waals surface area contributed by atoms with Gasteiger partial charge in [-0.2, -0.15) is 0 Å². The Bertz CT molecular complexity index is 764. The molecular formula is C22H29N3O3. The molecule has 2 aliphatic rings. The van der Waals surface area contributed by atoms with Crippen molar-refractivity contribution in [2.45, 2.75) is 39.0 Å². The highest BCUT2D eigenvalue weighted by Crippen LogP contribution is 2.19. The van der Waals surface area contributed by atoms with Crippen LogP contribution in [-0.4, -0.2) is 60.2 Å². The second-order valence-electron chi connectivity index (χ2n) is 7.49. The van der Waals surface area contributed by atoms with Gasteiger partial charge in [0.15, 0.2) is 0 Å². The first-order valence-corrected chi connectivity index (χ1v) is 10.2. The molecule has 1 fully saturated rings. The molecule has 0 bridgehead atoms. The molecule has 1 heterocycles. The summed E-state index contributed by atoms with van der Waals surface area (Å²) in [4.78, 5) is 40.1. The molecule has 3 rings (SSSR count). The minimum absolute atomic E-state index is 0.0368. The highest BCUT2D eigenvalue weighted by atomic mass is 16.2. The maximum absolute atomic E-state index is 12.8. The summed E-state index contributed by atoms with van der Waals surface area (Å²) in [6.07, 6.45) is 7.97. The summed E-state index contributed by atoms with van der Waals surface area (Å²) < 4.78 is 0. The lowest BCUT2D eigenvalue weighted by Gasteiger charge is -2.34. The fourth-order valence-electron chi connectivity index (χ4n) is 3.77. The smallest absolute Gasteiger partial charge is 0.253 e. The molecule has 6 heteroatoms. The predicted octanol–water partition coefficient (Wildman–Crippen LogP) is 2.61. The van der Waals surface area contributed by atoms with Gasteiger partial charge in [-0.05, 0) is 50.3 Å². The van der Waals surface area contributed by atoms with Crippen molar-refractivity contribution in [1.29, 1.82) is 0 Å². The van der Waals surface area contributed by atoms with Crippen molar-refractivity contribution < 1.29 is 14.4 Å². The zero-order valence-corrected chi connectivity index (χ0v) is 16.6. The van der Waals surface area contributed by atoms with Crippen LogP contribution in [0.2, 0.25) is 0 Å². The van der Waals surface area contributed by atoms with Gasteiger partial charge in [-0.3, -0.25) is 14.4 Å². The van der Waals surface area contributed by atoms with Crippen LogP contribution in [0.5, 0.6) is 0 Å². The van der Waals surface area contributed by atoms with Gasteiger partial charge >= 0.3 is 0 Å². The number of nitrogens with zero attached hydrogens (tertiary/aromatic N) is 2. The van der Waals surface area contributed by atoms with E-state index in [-0.39, 0.29) is 17.7 Å². The number of hydrogen-bond acceptors (Lipinski definition) is 3. The van der Waals surface area contributed by atoms with Crippen LogP contribution in [0.3, 0.4) is 0 Å². The maximum Gasteiger partial charge on any atom is 0.253 e. The Hall–Kier alpha value is -2.63. The summed E-state index contributed by atoms with van der Waals surface area (Å²) in [5.74, 6) is -0.201. The van der Waals surface area contributed by atoms with E-state index in [2.05, 4.69) is 11.4 Å². The second kappa shape index (κ2) is 9.53. The van der Waals surface area contributed by atoms with Crippen LogP contribution in [0, 0.1) is 0 Å². The third kappa shape index (κ3) is 5.21. The lowest BCUT2D eigenvalue weighted by molar-refractivity contribution is -0.130. The molecule has 0 unspecified atom stereocenters. The molecule has 1 saturated heterocycles. The average Bonchev–Trinajstić information content (AvgIpc) is 2.74. The Morgan fingerprint density at radius 1 is 1.00 bits per heavy atom. The van der Waals surface area contributed by atoms with Crippen molar-refractivity contribution in [2.75, 3.05) is 32.7 Å². The monoisotopic (exact) mass is 383 g/mol. The molecule has 1 aliphatic carbocycles. The van der Waals surface area contributed by atoms with Gasteiger partial charge in [0.25, 0.3) is 11.8 Å². The summed E-state index contributed by atoms with van der Waals surface area (Å²) >= 11 is 0. The summed E-state index contributed by atoms with van der Waals surface area (Å²) in [5.41, 5.74) is 2.45.